The molecule has 1 aromatic rings. The SMILES string of the molecule is CN=C(NCCN1CCCCC1)N1CCC(Cc2ccccc2)C1. The first kappa shape index (κ1) is 17.3. The molecule has 1 unspecified atom stereocenters. The molecule has 2 aliphatic heterocycles. The van der Waals surface area contributed by atoms with Gasteiger partial charge in [0.25, 0.3) is 0 Å². The molecule has 0 aliphatic carbocycles. The Bertz CT molecular complexity index is 508. The number of nitrogens with one attached hydrogen (secondary N) is 1. The Morgan fingerprint density at radius 2 is 1.92 bits per heavy atom. The van der Waals surface area contributed by atoms with Gasteiger partial charge in [-0.15, -0.1) is 0 Å². The Balaban J connectivity index is 1.41. The van der Waals surface area contributed by atoms with Crippen molar-refractivity contribution in [3.05, 3.63) is 35.9 Å². The Labute approximate surface area is 146 Å². The van der Waals surface area contributed by atoms with Gasteiger partial charge in [0.2, 0.25) is 0 Å². The zero-order valence-electron chi connectivity index (χ0n) is 15.1. The van der Waals surface area contributed by atoms with E-state index in [1.165, 1.54) is 50.8 Å². The zero-order valence-corrected chi connectivity index (χ0v) is 15.1. The predicted molar refractivity (Wildman–Crippen MR) is 101 cm³/mol. The van der Waals surface area contributed by atoms with Crippen LogP contribution in [0.5, 0.6) is 0 Å². The molecule has 1 atom stereocenters. The van der Waals surface area contributed by atoms with E-state index in [9.17, 15) is 0 Å². The minimum Gasteiger partial charge on any atom is -0.355 e. The molecule has 24 heavy (non-hydrogen) atoms. The van der Waals surface area contributed by atoms with Crippen molar-refractivity contribution in [3.63, 3.8) is 0 Å². The fourth-order valence-electron chi connectivity index (χ4n) is 3.98. The Morgan fingerprint density at radius 1 is 1.12 bits per heavy atom. The molecule has 0 spiro atoms. The predicted octanol–water partition coefficient (Wildman–Crippen LogP) is 2.61. The van der Waals surface area contributed by atoms with Crippen LogP contribution in [0, 0.1) is 5.92 Å². The van der Waals surface area contributed by atoms with Gasteiger partial charge in [-0.3, -0.25) is 4.99 Å². The number of nitrogens with zero attached hydrogens (tertiary/aromatic N) is 3. The van der Waals surface area contributed by atoms with Crippen LogP contribution in [0.3, 0.4) is 0 Å². The second-order valence-electron chi connectivity index (χ2n) is 7.17. The van der Waals surface area contributed by atoms with Crippen molar-refractivity contribution in [2.24, 2.45) is 10.9 Å². The van der Waals surface area contributed by atoms with E-state index >= 15 is 0 Å². The minimum atomic E-state index is 0.744. The summed E-state index contributed by atoms with van der Waals surface area (Å²) in [5.74, 6) is 1.83. The Kier molecular flexibility index (Phi) is 6.53. The molecular weight excluding hydrogens is 296 g/mol. The fourth-order valence-corrected chi connectivity index (χ4v) is 3.98. The van der Waals surface area contributed by atoms with Gasteiger partial charge in [-0.05, 0) is 50.3 Å². The standard InChI is InChI=1S/C20H32N4/c1-21-20(22-11-15-23-12-6-3-7-13-23)24-14-10-19(17-24)16-18-8-4-2-5-9-18/h2,4-5,8-9,19H,3,6-7,10-17H2,1H3,(H,21,22). The van der Waals surface area contributed by atoms with Gasteiger partial charge in [-0.2, -0.15) is 0 Å². The van der Waals surface area contributed by atoms with Crippen LogP contribution in [0.4, 0.5) is 0 Å². The number of piperidine rings is 1. The third-order valence-electron chi connectivity index (χ3n) is 5.32. The van der Waals surface area contributed by atoms with Crippen LogP contribution < -0.4 is 5.32 Å². The van der Waals surface area contributed by atoms with E-state index in [1.807, 2.05) is 7.05 Å². The first-order valence-corrected chi connectivity index (χ1v) is 9.57. The molecule has 3 rings (SSSR count). The fraction of sp³-hybridized carbons (Fsp3) is 0.650. The van der Waals surface area contributed by atoms with E-state index in [-0.39, 0.29) is 0 Å². The lowest BCUT2D eigenvalue weighted by Crippen LogP contribution is -2.44. The summed E-state index contributed by atoms with van der Waals surface area (Å²) >= 11 is 0. The molecule has 0 radical (unpaired) electrons. The first-order valence-electron chi connectivity index (χ1n) is 9.57. The van der Waals surface area contributed by atoms with E-state index in [1.54, 1.807) is 0 Å². The second kappa shape index (κ2) is 9.07. The molecule has 2 heterocycles. The molecular formula is C20H32N4. The Hall–Kier alpha value is -1.55. The van der Waals surface area contributed by atoms with Gasteiger partial charge < -0.3 is 15.1 Å². The smallest absolute Gasteiger partial charge is 0.193 e. The normalized spacial score (nSPS) is 22.8. The van der Waals surface area contributed by atoms with Crippen LogP contribution >= 0.6 is 0 Å². The molecule has 2 saturated heterocycles. The molecule has 0 aromatic heterocycles. The van der Waals surface area contributed by atoms with Gasteiger partial charge in [-0.25, -0.2) is 0 Å². The number of hydrogen-bond acceptors (Lipinski definition) is 2. The molecule has 132 valence electrons. The average molecular weight is 329 g/mol. The topological polar surface area (TPSA) is 30.9 Å². The monoisotopic (exact) mass is 328 g/mol. The average Bonchev–Trinajstić information content (AvgIpc) is 3.09. The van der Waals surface area contributed by atoms with Crippen LogP contribution in [0.15, 0.2) is 35.3 Å². The molecule has 4 nitrogen and oxygen atoms in total. The lowest BCUT2D eigenvalue weighted by molar-refractivity contribution is 0.231. The van der Waals surface area contributed by atoms with E-state index in [0.717, 1.165) is 38.1 Å². The highest BCUT2D eigenvalue weighted by Gasteiger charge is 2.24. The lowest BCUT2D eigenvalue weighted by Gasteiger charge is -2.28. The maximum absolute atomic E-state index is 4.51. The highest BCUT2D eigenvalue weighted by atomic mass is 15.3. The third-order valence-corrected chi connectivity index (χ3v) is 5.32. The Morgan fingerprint density at radius 3 is 2.67 bits per heavy atom. The van der Waals surface area contributed by atoms with Crippen molar-refractivity contribution in [1.29, 1.82) is 0 Å². The van der Waals surface area contributed by atoms with Crippen molar-refractivity contribution in [2.75, 3.05) is 46.3 Å². The van der Waals surface area contributed by atoms with Gasteiger partial charge in [0, 0.05) is 33.2 Å². The molecule has 2 aliphatic rings. The summed E-state index contributed by atoms with van der Waals surface area (Å²) in [6.45, 7) is 6.93. The quantitative estimate of drug-likeness (QED) is 0.666. The van der Waals surface area contributed by atoms with Crippen LogP contribution in [0.25, 0.3) is 0 Å². The van der Waals surface area contributed by atoms with Crippen LogP contribution in [0.1, 0.15) is 31.2 Å². The molecule has 0 bridgehead atoms. The molecule has 2 fully saturated rings. The zero-order chi connectivity index (χ0) is 16.6. The highest BCUT2D eigenvalue weighted by Crippen LogP contribution is 2.20. The molecule has 0 amide bonds. The number of rotatable bonds is 5. The molecule has 4 heteroatoms. The largest absolute Gasteiger partial charge is 0.355 e. The van der Waals surface area contributed by atoms with Crippen molar-refractivity contribution in [2.45, 2.75) is 32.1 Å². The summed E-state index contributed by atoms with van der Waals surface area (Å²) in [6.07, 6.45) is 6.58. The van der Waals surface area contributed by atoms with Crippen molar-refractivity contribution < 1.29 is 0 Å². The number of hydrogen-bond donors (Lipinski definition) is 1. The summed E-state index contributed by atoms with van der Waals surface area (Å²) in [5.41, 5.74) is 1.46. The van der Waals surface area contributed by atoms with E-state index < -0.39 is 0 Å². The molecule has 0 saturated carbocycles. The van der Waals surface area contributed by atoms with Crippen LogP contribution in [-0.4, -0.2) is 62.1 Å². The summed E-state index contributed by atoms with van der Waals surface area (Å²) in [4.78, 5) is 9.52. The molecule has 1 N–H and O–H groups in total. The first-order chi connectivity index (χ1) is 11.8. The molecule has 1 aromatic carbocycles. The summed E-state index contributed by atoms with van der Waals surface area (Å²) in [6, 6.07) is 10.9. The summed E-state index contributed by atoms with van der Waals surface area (Å²) in [7, 11) is 1.91. The van der Waals surface area contributed by atoms with Gasteiger partial charge in [0.05, 0.1) is 0 Å². The lowest BCUT2D eigenvalue weighted by atomic mass is 9.99. The summed E-state index contributed by atoms with van der Waals surface area (Å²) in [5, 5.41) is 3.58. The maximum Gasteiger partial charge on any atom is 0.193 e. The maximum atomic E-state index is 4.51. The van der Waals surface area contributed by atoms with E-state index in [4.69, 9.17) is 0 Å². The van der Waals surface area contributed by atoms with Gasteiger partial charge in [-0.1, -0.05) is 36.8 Å². The minimum absolute atomic E-state index is 0.744. The summed E-state index contributed by atoms with van der Waals surface area (Å²) < 4.78 is 0. The van der Waals surface area contributed by atoms with Crippen molar-refractivity contribution in [1.82, 2.24) is 15.1 Å². The van der Waals surface area contributed by atoms with Gasteiger partial charge in [0.1, 0.15) is 0 Å². The van der Waals surface area contributed by atoms with Gasteiger partial charge >= 0.3 is 0 Å². The highest BCUT2D eigenvalue weighted by molar-refractivity contribution is 5.80. The van der Waals surface area contributed by atoms with Crippen molar-refractivity contribution in [3.8, 4) is 0 Å². The van der Waals surface area contributed by atoms with E-state index in [0.29, 0.717) is 0 Å². The van der Waals surface area contributed by atoms with Gasteiger partial charge in [0.15, 0.2) is 5.96 Å². The van der Waals surface area contributed by atoms with Crippen LogP contribution in [0.2, 0.25) is 0 Å². The van der Waals surface area contributed by atoms with Crippen LogP contribution in [-0.2, 0) is 6.42 Å². The number of likely N-dealkylation sites (tertiary alicyclic amines) is 2. The van der Waals surface area contributed by atoms with Crippen molar-refractivity contribution >= 4 is 5.96 Å². The number of aliphatic imine (C=N–C) groups is 1. The number of guanidine groups is 1. The second-order valence-corrected chi connectivity index (χ2v) is 7.17. The van der Waals surface area contributed by atoms with E-state index in [2.05, 4.69) is 50.4 Å². The number of benzene rings is 1. The third kappa shape index (κ3) is 4.97.